The first-order chi connectivity index (χ1) is 12.4. The Labute approximate surface area is 153 Å². The number of rotatable bonds is 8. The van der Waals surface area contributed by atoms with Crippen molar-refractivity contribution in [2.24, 2.45) is 0 Å². The van der Waals surface area contributed by atoms with Gasteiger partial charge in [-0.2, -0.15) is 4.31 Å². The lowest BCUT2D eigenvalue weighted by Gasteiger charge is -2.21. The summed E-state index contributed by atoms with van der Waals surface area (Å²) >= 11 is 0. The molecule has 0 unspecified atom stereocenters. The lowest BCUT2D eigenvalue weighted by molar-refractivity contribution is -0.140. The van der Waals surface area contributed by atoms with E-state index in [2.05, 4.69) is 4.74 Å². The number of hydrogen-bond acceptors (Lipinski definition) is 6. The summed E-state index contributed by atoms with van der Waals surface area (Å²) in [6, 6.07) is 13.0. The number of hydrogen-bond donors (Lipinski definition) is 0. The van der Waals surface area contributed by atoms with Crippen molar-refractivity contribution < 1.29 is 27.4 Å². The predicted octanol–water partition coefficient (Wildman–Crippen LogP) is 2.07. The fourth-order valence-electron chi connectivity index (χ4n) is 2.34. The zero-order valence-electron chi connectivity index (χ0n) is 14.8. The minimum atomic E-state index is -3.89. The Hall–Kier alpha value is -2.58. The van der Waals surface area contributed by atoms with Crippen molar-refractivity contribution >= 4 is 16.0 Å². The van der Waals surface area contributed by atoms with Crippen LogP contribution in [0.25, 0.3) is 0 Å². The van der Waals surface area contributed by atoms with Gasteiger partial charge in [-0.15, -0.1) is 0 Å². The molecule has 2 aromatic carbocycles. The summed E-state index contributed by atoms with van der Waals surface area (Å²) in [6.07, 6.45) is 0. The predicted molar refractivity (Wildman–Crippen MR) is 95.6 cm³/mol. The summed E-state index contributed by atoms with van der Waals surface area (Å²) in [5, 5.41) is 0. The van der Waals surface area contributed by atoms with Crippen molar-refractivity contribution in [2.75, 3.05) is 27.9 Å². The summed E-state index contributed by atoms with van der Waals surface area (Å²) < 4.78 is 42.0. The molecule has 0 aromatic heterocycles. The van der Waals surface area contributed by atoms with Gasteiger partial charge < -0.3 is 14.2 Å². The molecule has 26 heavy (non-hydrogen) atoms. The highest BCUT2D eigenvalue weighted by Crippen LogP contribution is 2.25. The maximum atomic E-state index is 13.0. The first-order valence-corrected chi connectivity index (χ1v) is 9.18. The number of benzene rings is 2. The fraction of sp³-hybridized carbons (Fsp3) is 0.278. The highest BCUT2D eigenvalue weighted by atomic mass is 32.2. The second-order valence-corrected chi connectivity index (χ2v) is 7.32. The summed E-state index contributed by atoms with van der Waals surface area (Å²) in [7, 11) is 0.331. The van der Waals surface area contributed by atoms with Crippen molar-refractivity contribution in [3.63, 3.8) is 0 Å². The molecule has 0 aliphatic heterocycles. The quantitative estimate of drug-likeness (QED) is 0.653. The Balaban J connectivity index is 2.41. The van der Waals surface area contributed by atoms with Crippen LogP contribution in [0.4, 0.5) is 0 Å². The van der Waals surface area contributed by atoms with Crippen LogP contribution < -0.4 is 9.47 Å². The van der Waals surface area contributed by atoms with Gasteiger partial charge in [0, 0.05) is 12.6 Å². The average Bonchev–Trinajstić information content (AvgIpc) is 2.67. The Kier molecular flexibility index (Phi) is 6.59. The topological polar surface area (TPSA) is 82.1 Å². The van der Waals surface area contributed by atoms with E-state index < -0.39 is 22.5 Å². The molecule has 8 heteroatoms. The molecule has 7 nitrogen and oxygen atoms in total. The molecule has 0 saturated heterocycles. The van der Waals surface area contributed by atoms with Gasteiger partial charge in [-0.25, -0.2) is 8.42 Å². The zero-order chi connectivity index (χ0) is 19.2. The summed E-state index contributed by atoms with van der Waals surface area (Å²) in [4.78, 5) is 11.9. The standard InChI is InChI=1S/C18H21NO6S/c1-23-15-9-14(10-16(11-15)24-2)12-19(13-18(20)25-3)26(21,22)17-7-5-4-6-8-17/h4-11H,12-13H2,1-3H3. The highest BCUT2D eigenvalue weighted by molar-refractivity contribution is 7.89. The monoisotopic (exact) mass is 379 g/mol. The first-order valence-electron chi connectivity index (χ1n) is 7.74. The third kappa shape index (κ3) is 4.74. The molecule has 2 aromatic rings. The number of esters is 1. The van der Waals surface area contributed by atoms with Gasteiger partial charge in [-0.3, -0.25) is 4.79 Å². The lowest BCUT2D eigenvalue weighted by atomic mass is 10.2. The van der Waals surface area contributed by atoms with Crippen LogP contribution in [0.15, 0.2) is 53.4 Å². The maximum absolute atomic E-state index is 13.0. The Morgan fingerprint density at radius 1 is 0.962 bits per heavy atom. The number of methoxy groups -OCH3 is 3. The van der Waals surface area contributed by atoms with Crippen LogP contribution >= 0.6 is 0 Å². The molecule has 0 aliphatic carbocycles. The van der Waals surface area contributed by atoms with E-state index in [0.29, 0.717) is 17.1 Å². The van der Waals surface area contributed by atoms with E-state index in [9.17, 15) is 13.2 Å². The van der Waals surface area contributed by atoms with Gasteiger partial charge in [0.25, 0.3) is 0 Å². The van der Waals surface area contributed by atoms with Crippen LogP contribution in [0.5, 0.6) is 11.5 Å². The van der Waals surface area contributed by atoms with Crippen LogP contribution in [0, 0.1) is 0 Å². The van der Waals surface area contributed by atoms with Crippen molar-refractivity contribution in [3.8, 4) is 11.5 Å². The van der Waals surface area contributed by atoms with Crippen molar-refractivity contribution in [1.29, 1.82) is 0 Å². The molecule has 0 amide bonds. The molecule has 0 radical (unpaired) electrons. The molecule has 140 valence electrons. The summed E-state index contributed by atoms with van der Waals surface area (Å²) in [5.74, 6) is 0.392. The SMILES string of the molecule is COC(=O)CN(Cc1cc(OC)cc(OC)c1)S(=O)(=O)c1ccccc1. The molecular weight excluding hydrogens is 358 g/mol. The first kappa shape index (κ1) is 19.7. The van der Waals surface area contributed by atoms with Gasteiger partial charge in [0.2, 0.25) is 10.0 Å². The third-order valence-electron chi connectivity index (χ3n) is 3.68. The van der Waals surface area contributed by atoms with Gasteiger partial charge in [-0.05, 0) is 29.8 Å². The van der Waals surface area contributed by atoms with Crippen LogP contribution in [0.3, 0.4) is 0 Å². The van der Waals surface area contributed by atoms with E-state index in [-0.39, 0.29) is 11.4 Å². The van der Waals surface area contributed by atoms with Crippen LogP contribution in [0.1, 0.15) is 5.56 Å². The van der Waals surface area contributed by atoms with Crippen molar-refractivity contribution in [3.05, 3.63) is 54.1 Å². The van der Waals surface area contributed by atoms with Crippen molar-refractivity contribution in [1.82, 2.24) is 4.31 Å². The molecule has 0 fully saturated rings. The number of carbonyl (C=O) groups is 1. The third-order valence-corrected chi connectivity index (χ3v) is 5.49. The Morgan fingerprint density at radius 3 is 2.04 bits per heavy atom. The van der Waals surface area contributed by atoms with E-state index in [1.54, 1.807) is 36.4 Å². The minimum Gasteiger partial charge on any atom is -0.497 e. The number of carbonyl (C=O) groups excluding carboxylic acids is 1. The van der Waals surface area contributed by atoms with Gasteiger partial charge >= 0.3 is 5.97 Å². The molecular formula is C18H21NO6S. The van der Waals surface area contributed by atoms with Crippen LogP contribution in [-0.4, -0.2) is 46.6 Å². The average molecular weight is 379 g/mol. The van der Waals surface area contributed by atoms with Gasteiger partial charge in [0.15, 0.2) is 0 Å². The summed E-state index contributed by atoms with van der Waals surface area (Å²) in [6.45, 7) is -0.451. The fourth-order valence-corrected chi connectivity index (χ4v) is 3.73. The number of sulfonamides is 1. The molecule has 0 aliphatic rings. The van der Waals surface area contributed by atoms with Gasteiger partial charge in [-0.1, -0.05) is 18.2 Å². The van der Waals surface area contributed by atoms with E-state index in [1.165, 1.54) is 33.5 Å². The van der Waals surface area contributed by atoms with E-state index in [4.69, 9.17) is 9.47 Å². The van der Waals surface area contributed by atoms with Gasteiger partial charge in [0.1, 0.15) is 18.0 Å². The van der Waals surface area contributed by atoms with Crippen LogP contribution in [-0.2, 0) is 26.1 Å². The van der Waals surface area contributed by atoms with E-state index in [0.717, 1.165) is 4.31 Å². The second kappa shape index (κ2) is 8.68. The summed E-state index contributed by atoms with van der Waals surface area (Å²) in [5.41, 5.74) is 0.615. The zero-order valence-corrected chi connectivity index (χ0v) is 15.7. The largest absolute Gasteiger partial charge is 0.497 e. The van der Waals surface area contributed by atoms with Gasteiger partial charge in [0.05, 0.1) is 26.2 Å². The molecule has 0 spiro atoms. The molecule has 0 heterocycles. The van der Waals surface area contributed by atoms with E-state index >= 15 is 0 Å². The van der Waals surface area contributed by atoms with Crippen LogP contribution in [0.2, 0.25) is 0 Å². The Bertz CT molecular complexity index is 829. The molecule has 0 atom stereocenters. The Morgan fingerprint density at radius 2 is 1.54 bits per heavy atom. The van der Waals surface area contributed by atoms with Crippen molar-refractivity contribution in [2.45, 2.75) is 11.4 Å². The number of ether oxygens (including phenoxy) is 3. The molecule has 0 saturated carbocycles. The molecule has 2 rings (SSSR count). The normalized spacial score (nSPS) is 11.2. The smallest absolute Gasteiger partial charge is 0.321 e. The maximum Gasteiger partial charge on any atom is 0.321 e. The highest BCUT2D eigenvalue weighted by Gasteiger charge is 2.27. The molecule has 0 bridgehead atoms. The van der Waals surface area contributed by atoms with E-state index in [1.807, 2.05) is 0 Å². The molecule has 0 N–H and O–H groups in total. The minimum absolute atomic E-state index is 0.0418. The lowest BCUT2D eigenvalue weighted by Crippen LogP contribution is -2.35. The number of nitrogens with zero attached hydrogens (tertiary/aromatic N) is 1. The second-order valence-electron chi connectivity index (χ2n) is 5.38.